The molecule has 0 saturated carbocycles. The standard InChI is InChI=1S/C16H21N3O5/c1-4-18-7-8-19(16(22)15(18)21)10-14(20)17-11-5-6-12(23-2)13(9-11)24-3/h5-6,9H,4,7-8,10H2,1-3H3,(H,17,20). The molecule has 0 atom stereocenters. The van der Waals surface area contributed by atoms with Crippen molar-refractivity contribution in [2.45, 2.75) is 6.92 Å². The van der Waals surface area contributed by atoms with Gasteiger partial charge < -0.3 is 24.6 Å². The average Bonchev–Trinajstić information content (AvgIpc) is 2.59. The largest absolute Gasteiger partial charge is 0.493 e. The van der Waals surface area contributed by atoms with Gasteiger partial charge in [0.1, 0.15) is 6.54 Å². The number of hydrogen-bond acceptors (Lipinski definition) is 5. The van der Waals surface area contributed by atoms with Crippen LogP contribution in [0.2, 0.25) is 0 Å². The van der Waals surface area contributed by atoms with Gasteiger partial charge in [0.15, 0.2) is 11.5 Å². The number of piperazine rings is 1. The smallest absolute Gasteiger partial charge is 0.312 e. The zero-order valence-corrected chi connectivity index (χ0v) is 14.0. The van der Waals surface area contributed by atoms with Crippen LogP contribution in [-0.4, -0.2) is 67.9 Å². The van der Waals surface area contributed by atoms with E-state index in [4.69, 9.17) is 9.47 Å². The molecule has 0 aliphatic carbocycles. The fourth-order valence-corrected chi connectivity index (χ4v) is 2.46. The number of nitrogens with one attached hydrogen (secondary N) is 1. The zero-order chi connectivity index (χ0) is 17.7. The number of carbonyl (C=O) groups is 3. The first-order chi connectivity index (χ1) is 11.5. The summed E-state index contributed by atoms with van der Waals surface area (Å²) in [5.74, 6) is -0.563. The van der Waals surface area contributed by atoms with Crippen LogP contribution in [0.15, 0.2) is 18.2 Å². The van der Waals surface area contributed by atoms with Crippen LogP contribution in [0.5, 0.6) is 11.5 Å². The Hall–Kier alpha value is -2.77. The first-order valence-corrected chi connectivity index (χ1v) is 7.60. The molecular weight excluding hydrogens is 314 g/mol. The molecule has 1 saturated heterocycles. The number of ether oxygens (including phenoxy) is 2. The maximum atomic E-state index is 12.1. The van der Waals surface area contributed by atoms with Crippen molar-refractivity contribution in [1.29, 1.82) is 0 Å². The molecule has 8 heteroatoms. The summed E-state index contributed by atoms with van der Waals surface area (Å²) in [6.45, 7) is 2.90. The molecule has 1 heterocycles. The molecule has 1 aliphatic heterocycles. The molecule has 1 fully saturated rings. The van der Waals surface area contributed by atoms with Gasteiger partial charge in [-0.1, -0.05) is 0 Å². The predicted molar refractivity (Wildman–Crippen MR) is 87.0 cm³/mol. The molecular formula is C16H21N3O5. The number of carbonyl (C=O) groups excluding carboxylic acids is 3. The van der Waals surface area contributed by atoms with Crippen LogP contribution in [0, 0.1) is 0 Å². The summed E-state index contributed by atoms with van der Waals surface area (Å²) in [6, 6.07) is 4.96. The lowest BCUT2D eigenvalue weighted by molar-refractivity contribution is -0.156. The van der Waals surface area contributed by atoms with Crippen LogP contribution < -0.4 is 14.8 Å². The number of nitrogens with zero attached hydrogens (tertiary/aromatic N) is 2. The minimum absolute atomic E-state index is 0.170. The normalized spacial score (nSPS) is 14.6. The first-order valence-electron chi connectivity index (χ1n) is 7.60. The number of methoxy groups -OCH3 is 2. The van der Waals surface area contributed by atoms with Gasteiger partial charge >= 0.3 is 11.8 Å². The van der Waals surface area contributed by atoms with Crippen molar-refractivity contribution >= 4 is 23.4 Å². The molecule has 1 aromatic rings. The van der Waals surface area contributed by atoms with Crippen LogP contribution in [0.3, 0.4) is 0 Å². The molecule has 24 heavy (non-hydrogen) atoms. The number of benzene rings is 1. The highest BCUT2D eigenvalue weighted by Gasteiger charge is 2.32. The Bertz CT molecular complexity index is 647. The Labute approximate surface area is 140 Å². The van der Waals surface area contributed by atoms with Crippen molar-refractivity contribution in [2.75, 3.05) is 45.7 Å². The van der Waals surface area contributed by atoms with Gasteiger partial charge in [-0.25, -0.2) is 0 Å². The van der Waals surface area contributed by atoms with Gasteiger partial charge in [-0.15, -0.1) is 0 Å². The number of anilines is 1. The zero-order valence-electron chi connectivity index (χ0n) is 14.0. The molecule has 130 valence electrons. The Kier molecular flexibility index (Phi) is 5.62. The lowest BCUT2D eigenvalue weighted by atomic mass is 10.2. The fourth-order valence-electron chi connectivity index (χ4n) is 2.46. The lowest BCUT2D eigenvalue weighted by Crippen LogP contribution is -2.55. The van der Waals surface area contributed by atoms with Crippen molar-refractivity contribution in [3.63, 3.8) is 0 Å². The Morgan fingerprint density at radius 3 is 2.33 bits per heavy atom. The third kappa shape index (κ3) is 3.76. The van der Waals surface area contributed by atoms with Crippen LogP contribution in [-0.2, 0) is 14.4 Å². The van der Waals surface area contributed by atoms with Crippen molar-refractivity contribution < 1.29 is 23.9 Å². The maximum Gasteiger partial charge on any atom is 0.312 e. The Morgan fingerprint density at radius 2 is 1.71 bits per heavy atom. The minimum atomic E-state index is -0.648. The quantitative estimate of drug-likeness (QED) is 0.757. The van der Waals surface area contributed by atoms with Gasteiger partial charge in [0.05, 0.1) is 14.2 Å². The van der Waals surface area contributed by atoms with E-state index in [2.05, 4.69) is 5.32 Å². The van der Waals surface area contributed by atoms with Gasteiger partial charge in [0, 0.05) is 31.4 Å². The van der Waals surface area contributed by atoms with E-state index in [1.807, 2.05) is 6.92 Å². The van der Waals surface area contributed by atoms with E-state index in [-0.39, 0.29) is 12.5 Å². The molecule has 0 unspecified atom stereocenters. The van der Waals surface area contributed by atoms with Crippen molar-refractivity contribution in [3.8, 4) is 11.5 Å². The van der Waals surface area contributed by atoms with E-state index in [0.717, 1.165) is 0 Å². The van der Waals surface area contributed by atoms with Gasteiger partial charge in [-0.3, -0.25) is 14.4 Å². The van der Waals surface area contributed by atoms with Crippen LogP contribution in [0.4, 0.5) is 5.69 Å². The second-order valence-corrected chi connectivity index (χ2v) is 5.23. The van der Waals surface area contributed by atoms with Crippen LogP contribution >= 0.6 is 0 Å². The second kappa shape index (κ2) is 7.67. The van der Waals surface area contributed by atoms with Crippen molar-refractivity contribution in [3.05, 3.63) is 18.2 Å². The van der Waals surface area contributed by atoms with Gasteiger partial charge in [-0.05, 0) is 19.1 Å². The summed E-state index contributed by atoms with van der Waals surface area (Å²) in [4.78, 5) is 38.7. The monoisotopic (exact) mass is 335 g/mol. The Balaban J connectivity index is 1.99. The predicted octanol–water partition coefficient (Wildman–Crippen LogP) is 0.333. The molecule has 0 bridgehead atoms. The SMILES string of the molecule is CCN1CCN(CC(=O)Nc2ccc(OC)c(OC)c2)C(=O)C1=O. The minimum Gasteiger partial charge on any atom is -0.493 e. The van der Waals surface area contributed by atoms with Gasteiger partial charge in [0.25, 0.3) is 0 Å². The molecule has 0 aromatic heterocycles. The first kappa shape index (κ1) is 17.6. The summed E-state index contributed by atoms with van der Waals surface area (Å²) in [5, 5.41) is 2.68. The lowest BCUT2D eigenvalue weighted by Gasteiger charge is -2.32. The molecule has 0 spiro atoms. The molecule has 8 nitrogen and oxygen atoms in total. The topological polar surface area (TPSA) is 88.2 Å². The van der Waals surface area contributed by atoms with Gasteiger partial charge in [0.2, 0.25) is 5.91 Å². The summed E-state index contributed by atoms with van der Waals surface area (Å²) in [7, 11) is 3.02. The number of hydrogen-bond donors (Lipinski definition) is 1. The molecule has 1 N–H and O–H groups in total. The highest BCUT2D eigenvalue weighted by atomic mass is 16.5. The van der Waals surface area contributed by atoms with E-state index < -0.39 is 11.8 Å². The van der Waals surface area contributed by atoms with E-state index in [1.54, 1.807) is 18.2 Å². The van der Waals surface area contributed by atoms with Crippen molar-refractivity contribution in [2.24, 2.45) is 0 Å². The van der Waals surface area contributed by atoms with Crippen molar-refractivity contribution in [1.82, 2.24) is 9.80 Å². The molecule has 1 aromatic carbocycles. The van der Waals surface area contributed by atoms with E-state index in [1.165, 1.54) is 24.0 Å². The summed E-state index contributed by atoms with van der Waals surface area (Å²) in [6.07, 6.45) is 0. The third-order valence-corrected chi connectivity index (χ3v) is 3.78. The molecule has 0 radical (unpaired) electrons. The average molecular weight is 335 g/mol. The van der Waals surface area contributed by atoms with E-state index >= 15 is 0 Å². The summed E-state index contributed by atoms with van der Waals surface area (Å²) < 4.78 is 10.3. The Morgan fingerprint density at radius 1 is 1.08 bits per heavy atom. The highest BCUT2D eigenvalue weighted by molar-refractivity contribution is 6.35. The fraction of sp³-hybridized carbons (Fsp3) is 0.438. The molecule has 3 amide bonds. The summed E-state index contributed by atoms with van der Waals surface area (Å²) in [5.41, 5.74) is 0.517. The third-order valence-electron chi connectivity index (χ3n) is 3.78. The van der Waals surface area contributed by atoms with Crippen LogP contribution in [0.1, 0.15) is 6.92 Å². The number of likely N-dealkylation sites (N-methyl/N-ethyl adjacent to an activating group) is 1. The maximum absolute atomic E-state index is 12.1. The molecule has 1 aliphatic rings. The number of rotatable bonds is 6. The van der Waals surface area contributed by atoms with E-state index in [0.29, 0.717) is 36.8 Å². The number of amides is 3. The summed E-state index contributed by atoms with van der Waals surface area (Å²) >= 11 is 0. The molecule has 2 rings (SSSR count). The highest BCUT2D eigenvalue weighted by Crippen LogP contribution is 2.29. The van der Waals surface area contributed by atoms with Gasteiger partial charge in [-0.2, -0.15) is 0 Å². The van der Waals surface area contributed by atoms with E-state index in [9.17, 15) is 14.4 Å². The van der Waals surface area contributed by atoms with Crippen LogP contribution in [0.25, 0.3) is 0 Å². The second-order valence-electron chi connectivity index (χ2n) is 5.23.